The molecule has 0 aliphatic heterocycles. The quantitative estimate of drug-likeness (QED) is 0.671. The maximum Gasteiger partial charge on any atom is 0.311 e. The van der Waals surface area contributed by atoms with Crippen molar-refractivity contribution < 1.29 is 9.66 Å². The van der Waals surface area contributed by atoms with Crippen LogP contribution in [0.15, 0.2) is 42.5 Å². The topological polar surface area (TPSA) is 64.4 Å². The molecule has 0 unspecified atom stereocenters. The number of benzene rings is 2. The molecule has 2 aromatic carbocycles. The number of methoxy groups -OCH3 is 1. The number of halogens is 1. The molecule has 0 saturated carbocycles. The lowest BCUT2D eigenvalue weighted by Crippen LogP contribution is -2.00. The van der Waals surface area contributed by atoms with Crippen LogP contribution in [-0.2, 0) is 6.54 Å². The molecule has 0 radical (unpaired) electrons. The van der Waals surface area contributed by atoms with Crippen LogP contribution in [0.2, 0.25) is 5.02 Å². The second kappa shape index (κ2) is 6.25. The average Bonchev–Trinajstić information content (AvgIpc) is 2.44. The SMILES string of the molecule is COc1cc(NCc2cccc(Cl)c2)ccc1[N+](=O)[O-]. The first-order chi connectivity index (χ1) is 9.60. The number of hydrogen-bond donors (Lipinski definition) is 1. The van der Waals surface area contributed by atoms with Crippen LogP contribution in [0.3, 0.4) is 0 Å². The van der Waals surface area contributed by atoms with Gasteiger partial charge < -0.3 is 10.1 Å². The van der Waals surface area contributed by atoms with Crippen LogP contribution in [0.4, 0.5) is 11.4 Å². The van der Waals surface area contributed by atoms with Gasteiger partial charge in [0.1, 0.15) is 0 Å². The summed E-state index contributed by atoms with van der Waals surface area (Å²) >= 11 is 5.91. The fourth-order valence-corrected chi connectivity index (χ4v) is 2.00. The van der Waals surface area contributed by atoms with E-state index in [1.807, 2.05) is 18.2 Å². The second-order valence-corrected chi connectivity index (χ2v) is 4.56. The summed E-state index contributed by atoms with van der Waals surface area (Å²) in [7, 11) is 1.41. The first-order valence-corrected chi connectivity index (χ1v) is 6.28. The first-order valence-electron chi connectivity index (χ1n) is 5.91. The number of nitrogens with zero attached hydrogens (tertiary/aromatic N) is 1. The van der Waals surface area contributed by atoms with E-state index in [1.165, 1.54) is 13.2 Å². The summed E-state index contributed by atoms with van der Waals surface area (Å²) in [5, 5.41) is 14.6. The van der Waals surface area contributed by atoms with Gasteiger partial charge in [-0.3, -0.25) is 10.1 Å². The second-order valence-electron chi connectivity index (χ2n) is 4.13. The Bertz CT molecular complexity index is 632. The van der Waals surface area contributed by atoms with Gasteiger partial charge in [0.15, 0.2) is 5.75 Å². The summed E-state index contributed by atoms with van der Waals surface area (Å²) in [6.45, 7) is 0.571. The molecule has 0 aliphatic carbocycles. The Labute approximate surface area is 121 Å². The molecule has 2 rings (SSSR count). The lowest BCUT2D eigenvalue weighted by atomic mass is 10.2. The smallest absolute Gasteiger partial charge is 0.311 e. The van der Waals surface area contributed by atoms with Crippen LogP contribution in [0.25, 0.3) is 0 Å². The van der Waals surface area contributed by atoms with E-state index in [0.29, 0.717) is 11.6 Å². The summed E-state index contributed by atoms with van der Waals surface area (Å²) in [4.78, 5) is 10.3. The van der Waals surface area contributed by atoms with Gasteiger partial charge in [-0.25, -0.2) is 0 Å². The van der Waals surface area contributed by atoms with Gasteiger partial charge in [-0.15, -0.1) is 0 Å². The molecule has 5 nitrogen and oxygen atoms in total. The van der Waals surface area contributed by atoms with Crippen molar-refractivity contribution in [1.82, 2.24) is 0 Å². The van der Waals surface area contributed by atoms with Crippen molar-refractivity contribution in [3.8, 4) is 5.75 Å². The minimum Gasteiger partial charge on any atom is -0.490 e. The maximum atomic E-state index is 10.8. The van der Waals surface area contributed by atoms with Crippen molar-refractivity contribution in [2.24, 2.45) is 0 Å². The molecule has 0 atom stereocenters. The van der Waals surface area contributed by atoms with Crippen molar-refractivity contribution in [3.05, 3.63) is 63.2 Å². The molecule has 0 amide bonds. The Balaban J connectivity index is 2.12. The Kier molecular flexibility index (Phi) is 4.42. The van der Waals surface area contributed by atoms with E-state index in [1.54, 1.807) is 18.2 Å². The molecule has 20 heavy (non-hydrogen) atoms. The third-order valence-corrected chi connectivity index (χ3v) is 3.00. The molecule has 0 saturated heterocycles. The first kappa shape index (κ1) is 14.1. The monoisotopic (exact) mass is 292 g/mol. The molecule has 6 heteroatoms. The summed E-state index contributed by atoms with van der Waals surface area (Å²) in [5.41, 5.74) is 1.71. The van der Waals surface area contributed by atoms with E-state index in [4.69, 9.17) is 16.3 Å². The van der Waals surface area contributed by atoms with Crippen molar-refractivity contribution in [3.63, 3.8) is 0 Å². The number of anilines is 1. The lowest BCUT2D eigenvalue weighted by Gasteiger charge is -2.09. The van der Waals surface area contributed by atoms with E-state index in [9.17, 15) is 10.1 Å². The largest absolute Gasteiger partial charge is 0.490 e. The highest BCUT2D eigenvalue weighted by molar-refractivity contribution is 6.30. The van der Waals surface area contributed by atoms with E-state index in [0.717, 1.165) is 11.3 Å². The number of hydrogen-bond acceptors (Lipinski definition) is 4. The van der Waals surface area contributed by atoms with Crippen molar-refractivity contribution in [1.29, 1.82) is 0 Å². The van der Waals surface area contributed by atoms with E-state index < -0.39 is 4.92 Å². The van der Waals surface area contributed by atoms with Crippen molar-refractivity contribution in [2.75, 3.05) is 12.4 Å². The molecule has 2 aromatic rings. The fraction of sp³-hybridized carbons (Fsp3) is 0.143. The summed E-state index contributed by atoms with van der Waals surface area (Å²) in [6, 6.07) is 12.1. The number of nitrogens with one attached hydrogen (secondary N) is 1. The Hall–Kier alpha value is -2.27. The van der Waals surface area contributed by atoms with Crippen LogP contribution in [0.5, 0.6) is 5.75 Å². The summed E-state index contributed by atoms with van der Waals surface area (Å²) < 4.78 is 5.02. The van der Waals surface area contributed by atoms with Crippen LogP contribution in [-0.4, -0.2) is 12.0 Å². The van der Waals surface area contributed by atoms with Crippen LogP contribution < -0.4 is 10.1 Å². The Morgan fingerprint density at radius 2 is 2.10 bits per heavy atom. The van der Waals surface area contributed by atoms with E-state index >= 15 is 0 Å². The Morgan fingerprint density at radius 3 is 2.75 bits per heavy atom. The Morgan fingerprint density at radius 1 is 1.30 bits per heavy atom. The van der Waals surface area contributed by atoms with Gasteiger partial charge in [-0.05, 0) is 23.8 Å². The van der Waals surface area contributed by atoms with Crippen molar-refractivity contribution in [2.45, 2.75) is 6.54 Å². The normalized spacial score (nSPS) is 10.1. The number of nitro groups is 1. The lowest BCUT2D eigenvalue weighted by molar-refractivity contribution is -0.385. The molecule has 1 N–H and O–H groups in total. The predicted molar refractivity (Wildman–Crippen MR) is 78.4 cm³/mol. The zero-order valence-electron chi connectivity index (χ0n) is 10.8. The predicted octanol–water partition coefficient (Wildman–Crippen LogP) is 3.87. The fourth-order valence-electron chi connectivity index (χ4n) is 1.79. The maximum absolute atomic E-state index is 10.8. The molecule has 0 aromatic heterocycles. The number of ether oxygens (including phenoxy) is 1. The molecule has 104 valence electrons. The molecule has 0 spiro atoms. The number of nitro benzene ring substituents is 1. The van der Waals surface area contributed by atoms with Gasteiger partial charge in [-0.2, -0.15) is 0 Å². The van der Waals surface area contributed by atoms with Gasteiger partial charge in [0.25, 0.3) is 0 Å². The summed E-state index contributed by atoms with van der Waals surface area (Å²) in [5.74, 6) is 0.228. The van der Waals surface area contributed by atoms with E-state index in [-0.39, 0.29) is 11.4 Å². The van der Waals surface area contributed by atoms with Crippen LogP contribution in [0.1, 0.15) is 5.56 Å². The van der Waals surface area contributed by atoms with E-state index in [2.05, 4.69) is 5.32 Å². The third kappa shape index (κ3) is 3.39. The molecule has 0 bridgehead atoms. The van der Waals surface area contributed by atoms with Crippen molar-refractivity contribution >= 4 is 23.0 Å². The van der Waals surface area contributed by atoms with Gasteiger partial charge >= 0.3 is 5.69 Å². The average molecular weight is 293 g/mol. The highest BCUT2D eigenvalue weighted by Gasteiger charge is 2.14. The van der Waals surface area contributed by atoms with Gasteiger partial charge in [0.2, 0.25) is 0 Å². The highest BCUT2D eigenvalue weighted by Crippen LogP contribution is 2.29. The number of rotatable bonds is 5. The van der Waals surface area contributed by atoms with Gasteiger partial charge in [0, 0.05) is 29.4 Å². The van der Waals surface area contributed by atoms with Crippen LogP contribution >= 0.6 is 11.6 Å². The molecule has 0 aliphatic rings. The molecule has 0 heterocycles. The third-order valence-electron chi connectivity index (χ3n) is 2.76. The van der Waals surface area contributed by atoms with Gasteiger partial charge in [0.05, 0.1) is 12.0 Å². The minimum absolute atomic E-state index is 0.0548. The standard InChI is InChI=1S/C14H13ClN2O3/c1-20-14-8-12(5-6-13(14)17(18)19)16-9-10-3-2-4-11(15)7-10/h2-8,16H,9H2,1H3. The molecule has 0 fully saturated rings. The van der Waals surface area contributed by atoms with Crippen LogP contribution in [0, 0.1) is 10.1 Å². The minimum atomic E-state index is -0.473. The summed E-state index contributed by atoms with van der Waals surface area (Å²) in [6.07, 6.45) is 0. The highest BCUT2D eigenvalue weighted by atomic mass is 35.5. The molecular formula is C14H13ClN2O3. The zero-order chi connectivity index (χ0) is 14.5. The molecular weight excluding hydrogens is 280 g/mol. The van der Waals surface area contributed by atoms with Gasteiger partial charge in [-0.1, -0.05) is 23.7 Å². The zero-order valence-corrected chi connectivity index (χ0v) is 11.6.